The van der Waals surface area contributed by atoms with Crippen LogP contribution in [0.15, 0.2) is 36.1 Å². The zero-order valence-electron chi connectivity index (χ0n) is 13.9. The van der Waals surface area contributed by atoms with Crippen molar-refractivity contribution >= 4 is 40.7 Å². The summed E-state index contributed by atoms with van der Waals surface area (Å²) in [5, 5.41) is 0.754. The minimum atomic E-state index is -0.904. The van der Waals surface area contributed by atoms with Gasteiger partial charge in [0.25, 0.3) is 0 Å². The number of rotatable bonds is 3. The average Bonchev–Trinajstić information content (AvgIpc) is 2.80. The van der Waals surface area contributed by atoms with Gasteiger partial charge in [-0.05, 0) is 44.7 Å². The molecule has 1 aromatic rings. The molecule has 1 aromatic carbocycles. The van der Waals surface area contributed by atoms with E-state index in [1.807, 2.05) is 0 Å². The van der Waals surface area contributed by atoms with Crippen LogP contribution in [0.5, 0.6) is 0 Å². The van der Waals surface area contributed by atoms with Crippen LogP contribution in [0.1, 0.15) is 44.6 Å². The Bertz CT molecular complexity index is 789. The molecule has 1 spiro atoms. The first kappa shape index (κ1) is 18.0. The second-order valence-corrected chi connectivity index (χ2v) is 7.29. The molecule has 6 heteroatoms. The molecule has 2 aliphatic rings. The Kier molecular flexibility index (Phi) is 4.94. The van der Waals surface area contributed by atoms with Gasteiger partial charge in [-0.1, -0.05) is 42.3 Å². The van der Waals surface area contributed by atoms with Gasteiger partial charge in [-0.15, -0.1) is 0 Å². The lowest BCUT2D eigenvalue weighted by atomic mass is 9.82. The molecule has 0 saturated heterocycles. The molecule has 4 nitrogen and oxygen atoms in total. The molecular weight excluding hydrogens is 363 g/mol. The largest absolute Gasteiger partial charge is 0.447 e. The van der Waals surface area contributed by atoms with Crippen LogP contribution in [0.3, 0.4) is 0 Å². The molecule has 0 atom stereocenters. The Morgan fingerprint density at radius 2 is 1.92 bits per heavy atom. The summed E-state index contributed by atoms with van der Waals surface area (Å²) in [6, 6.07) is 4.81. The van der Waals surface area contributed by atoms with Gasteiger partial charge in [0.1, 0.15) is 5.57 Å². The summed E-state index contributed by atoms with van der Waals surface area (Å²) in [7, 11) is 0. The Morgan fingerprint density at radius 1 is 1.24 bits per heavy atom. The van der Waals surface area contributed by atoms with Crippen molar-refractivity contribution in [2.75, 3.05) is 0 Å². The first-order valence-electron chi connectivity index (χ1n) is 8.15. The van der Waals surface area contributed by atoms with E-state index in [1.165, 1.54) is 0 Å². The summed E-state index contributed by atoms with van der Waals surface area (Å²) < 4.78 is 11.3. The number of hydrogen-bond acceptors (Lipinski definition) is 4. The number of halogens is 2. The van der Waals surface area contributed by atoms with Gasteiger partial charge in [0.05, 0.1) is 5.02 Å². The van der Waals surface area contributed by atoms with Crippen molar-refractivity contribution in [2.45, 2.75) is 44.6 Å². The Labute approximate surface area is 156 Å². The third kappa shape index (κ3) is 3.33. The maximum absolute atomic E-state index is 12.7. The normalized spacial score (nSPS) is 19.1. The second-order valence-electron chi connectivity index (χ2n) is 6.44. The van der Waals surface area contributed by atoms with Crippen molar-refractivity contribution in [3.05, 3.63) is 51.7 Å². The van der Waals surface area contributed by atoms with E-state index >= 15 is 0 Å². The topological polar surface area (TPSA) is 52.6 Å². The highest BCUT2D eigenvalue weighted by Gasteiger charge is 2.51. The quantitative estimate of drug-likeness (QED) is 0.541. The molecule has 1 aliphatic heterocycles. The van der Waals surface area contributed by atoms with E-state index in [0.29, 0.717) is 28.5 Å². The number of benzene rings is 1. The number of carbonyl (C=O) groups is 2. The van der Waals surface area contributed by atoms with Crippen molar-refractivity contribution in [3.8, 4) is 0 Å². The van der Waals surface area contributed by atoms with Crippen LogP contribution in [0.2, 0.25) is 10.0 Å². The lowest BCUT2D eigenvalue weighted by Crippen LogP contribution is -2.36. The Balaban J connectivity index is 2.16. The highest BCUT2D eigenvalue weighted by molar-refractivity contribution is 6.37. The summed E-state index contributed by atoms with van der Waals surface area (Å²) >= 11 is 12.2. The summed E-state index contributed by atoms with van der Waals surface area (Å²) in [6.45, 7) is 5.17. The van der Waals surface area contributed by atoms with Crippen molar-refractivity contribution in [1.82, 2.24) is 0 Å². The predicted molar refractivity (Wildman–Crippen MR) is 96.2 cm³/mol. The minimum Gasteiger partial charge on any atom is -0.447 e. The van der Waals surface area contributed by atoms with Gasteiger partial charge in [-0.2, -0.15) is 0 Å². The third-order valence-electron chi connectivity index (χ3n) is 4.54. The van der Waals surface area contributed by atoms with Crippen LogP contribution in [0, 0.1) is 0 Å². The fourth-order valence-corrected chi connectivity index (χ4v) is 3.80. The van der Waals surface area contributed by atoms with Gasteiger partial charge >= 0.3 is 11.9 Å². The second kappa shape index (κ2) is 6.85. The van der Waals surface area contributed by atoms with E-state index in [9.17, 15) is 9.59 Å². The lowest BCUT2D eigenvalue weighted by Gasteiger charge is -2.33. The first-order valence-corrected chi connectivity index (χ1v) is 8.91. The van der Waals surface area contributed by atoms with Crippen molar-refractivity contribution < 1.29 is 19.1 Å². The smallest absolute Gasteiger partial charge is 0.343 e. The van der Waals surface area contributed by atoms with Crippen LogP contribution >= 0.6 is 23.2 Å². The molecule has 0 radical (unpaired) electrons. The van der Waals surface area contributed by atoms with E-state index in [0.717, 1.165) is 19.3 Å². The zero-order chi connectivity index (χ0) is 18.2. The molecule has 0 unspecified atom stereocenters. The third-order valence-corrected chi connectivity index (χ3v) is 5.09. The molecule has 1 heterocycles. The molecule has 132 valence electrons. The summed E-state index contributed by atoms with van der Waals surface area (Å²) in [5.41, 5.74) is -0.0146. The maximum Gasteiger partial charge on any atom is 0.343 e. The fraction of sp³-hybridized carbons (Fsp3) is 0.368. The molecule has 0 aromatic heterocycles. The van der Waals surface area contributed by atoms with E-state index in [1.54, 1.807) is 25.1 Å². The maximum atomic E-state index is 12.7. The standard InChI is InChI=1S/C19H18Cl2O4/c1-11(2)17(22)24-16-15(13-7-6-12(20)10-14(13)21)18(23)25-19(16)8-4-3-5-9-19/h6-7,10H,1,3-5,8-9H2,2H3. The first-order chi connectivity index (χ1) is 11.8. The van der Waals surface area contributed by atoms with Crippen molar-refractivity contribution in [3.63, 3.8) is 0 Å². The van der Waals surface area contributed by atoms with Gasteiger partial charge < -0.3 is 9.47 Å². The van der Waals surface area contributed by atoms with Crippen molar-refractivity contribution in [1.29, 1.82) is 0 Å². The molecule has 1 fully saturated rings. The summed E-state index contributed by atoms with van der Waals surface area (Å²) in [5.74, 6) is -0.870. The van der Waals surface area contributed by atoms with Crippen LogP contribution in [-0.2, 0) is 19.1 Å². The number of esters is 2. The van der Waals surface area contributed by atoms with Gasteiger partial charge in [0.2, 0.25) is 0 Å². The molecule has 3 rings (SSSR count). The zero-order valence-corrected chi connectivity index (χ0v) is 15.4. The molecule has 25 heavy (non-hydrogen) atoms. The van der Waals surface area contributed by atoms with Crippen LogP contribution < -0.4 is 0 Å². The van der Waals surface area contributed by atoms with Crippen LogP contribution in [0.25, 0.3) is 5.57 Å². The minimum absolute atomic E-state index is 0.193. The van der Waals surface area contributed by atoms with E-state index in [4.69, 9.17) is 32.7 Å². The predicted octanol–water partition coefficient (Wildman–Crippen LogP) is 5.08. The van der Waals surface area contributed by atoms with E-state index < -0.39 is 17.5 Å². The van der Waals surface area contributed by atoms with Gasteiger partial charge in [-0.25, -0.2) is 9.59 Å². The lowest BCUT2D eigenvalue weighted by molar-refractivity contribution is -0.154. The fourth-order valence-electron chi connectivity index (χ4n) is 3.30. The Morgan fingerprint density at radius 3 is 2.52 bits per heavy atom. The number of ether oxygens (including phenoxy) is 2. The number of carbonyl (C=O) groups excluding carboxylic acids is 2. The monoisotopic (exact) mass is 380 g/mol. The summed E-state index contributed by atoms with van der Waals surface area (Å²) in [6.07, 6.45) is 4.07. The van der Waals surface area contributed by atoms with E-state index in [-0.39, 0.29) is 16.9 Å². The SMILES string of the molecule is C=C(C)C(=O)OC1=C(c2ccc(Cl)cc2Cl)C(=O)OC12CCCCC2. The van der Waals surface area contributed by atoms with Crippen LogP contribution in [-0.4, -0.2) is 17.5 Å². The van der Waals surface area contributed by atoms with Gasteiger partial charge in [0, 0.05) is 16.2 Å². The van der Waals surface area contributed by atoms with Crippen molar-refractivity contribution in [2.24, 2.45) is 0 Å². The average molecular weight is 381 g/mol. The molecular formula is C19H18Cl2O4. The molecule has 0 N–H and O–H groups in total. The highest BCUT2D eigenvalue weighted by atomic mass is 35.5. The molecule has 0 bridgehead atoms. The molecule has 0 amide bonds. The molecule has 1 aliphatic carbocycles. The van der Waals surface area contributed by atoms with Gasteiger partial charge in [0.15, 0.2) is 11.4 Å². The Hall–Kier alpha value is -1.78. The van der Waals surface area contributed by atoms with E-state index in [2.05, 4.69) is 6.58 Å². The number of hydrogen-bond donors (Lipinski definition) is 0. The summed E-state index contributed by atoms with van der Waals surface area (Å²) in [4.78, 5) is 24.8. The van der Waals surface area contributed by atoms with Crippen LogP contribution in [0.4, 0.5) is 0 Å². The highest BCUT2D eigenvalue weighted by Crippen LogP contribution is 2.48. The molecule has 1 saturated carbocycles. The van der Waals surface area contributed by atoms with Gasteiger partial charge in [-0.3, -0.25) is 0 Å².